The van der Waals surface area contributed by atoms with Crippen molar-refractivity contribution in [3.8, 4) is 0 Å². The van der Waals surface area contributed by atoms with Crippen molar-refractivity contribution < 1.29 is 9.53 Å². The summed E-state index contributed by atoms with van der Waals surface area (Å²) in [5, 5.41) is 0. The van der Waals surface area contributed by atoms with E-state index in [1.807, 2.05) is 0 Å². The molecule has 0 aromatic heterocycles. The molecule has 0 aliphatic carbocycles. The van der Waals surface area contributed by atoms with Crippen LogP contribution in [-0.2, 0) is 9.53 Å². The zero-order chi connectivity index (χ0) is 14.8. The Hall–Kier alpha value is -0.610. The van der Waals surface area contributed by atoms with E-state index in [-0.39, 0.29) is 5.41 Å². The van der Waals surface area contributed by atoms with E-state index in [0.29, 0.717) is 24.4 Å². The van der Waals surface area contributed by atoms with Gasteiger partial charge in [-0.2, -0.15) is 0 Å². The van der Waals surface area contributed by atoms with Crippen LogP contribution in [0.3, 0.4) is 0 Å². The Labute approximate surface area is 123 Å². The minimum atomic E-state index is 0.0892. The molecule has 1 atom stereocenters. The van der Waals surface area contributed by atoms with Gasteiger partial charge in [0.15, 0.2) is 0 Å². The number of amides is 1. The molecule has 2 aliphatic rings. The van der Waals surface area contributed by atoms with Crippen LogP contribution in [-0.4, -0.2) is 61.1 Å². The third-order valence-electron chi connectivity index (χ3n) is 4.56. The van der Waals surface area contributed by atoms with Gasteiger partial charge in [-0.3, -0.25) is 9.69 Å². The van der Waals surface area contributed by atoms with E-state index >= 15 is 0 Å². The quantitative estimate of drug-likeness (QED) is 0.795. The van der Waals surface area contributed by atoms with E-state index in [2.05, 4.69) is 37.6 Å². The molecule has 1 amide bonds. The normalized spacial score (nSPS) is 25.4. The average Bonchev–Trinajstić information content (AvgIpc) is 2.90. The molecule has 0 unspecified atom stereocenters. The molecule has 0 aromatic rings. The number of rotatable bonds is 3. The SMILES string of the molecule is CN(C1CCN(C(=O)CC(C)(C)C)CC1)[C@H]1CCOC1. The third-order valence-corrected chi connectivity index (χ3v) is 4.56. The van der Waals surface area contributed by atoms with Crippen LogP contribution in [0.2, 0.25) is 0 Å². The minimum Gasteiger partial charge on any atom is -0.380 e. The van der Waals surface area contributed by atoms with E-state index in [0.717, 1.165) is 45.6 Å². The highest BCUT2D eigenvalue weighted by atomic mass is 16.5. The molecule has 2 fully saturated rings. The second-order valence-corrected chi connectivity index (χ2v) is 7.53. The summed E-state index contributed by atoms with van der Waals surface area (Å²) in [6.45, 7) is 10.00. The molecule has 2 heterocycles. The van der Waals surface area contributed by atoms with Gasteiger partial charge < -0.3 is 9.64 Å². The topological polar surface area (TPSA) is 32.8 Å². The van der Waals surface area contributed by atoms with Crippen molar-refractivity contribution in [2.24, 2.45) is 5.41 Å². The predicted octanol–water partition coefficient (Wildman–Crippen LogP) is 2.13. The average molecular weight is 282 g/mol. The van der Waals surface area contributed by atoms with Gasteiger partial charge in [0.1, 0.15) is 0 Å². The van der Waals surface area contributed by atoms with Crippen LogP contribution in [0.15, 0.2) is 0 Å². The Morgan fingerprint density at radius 2 is 1.85 bits per heavy atom. The zero-order valence-corrected chi connectivity index (χ0v) is 13.5. The fourth-order valence-corrected chi connectivity index (χ4v) is 3.23. The Morgan fingerprint density at radius 1 is 1.20 bits per heavy atom. The summed E-state index contributed by atoms with van der Waals surface area (Å²) < 4.78 is 5.48. The first-order chi connectivity index (χ1) is 9.37. The van der Waals surface area contributed by atoms with E-state index in [9.17, 15) is 4.79 Å². The fraction of sp³-hybridized carbons (Fsp3) is 0.938. The van der Waals surface area contributed by atoms with Gasteiger partial charge >= 0.3 is 0 Å². The van der Waals surface area contributed by atoms with Crippen molar-refractivity contribution in [3.05, 3.63) is 0 Å². The van der Waals surface area contributed by atoms with E-state index in [1.165, 1.54) is 0 Å². The molecule has 2 rings (SSSR count). The van der Waals surface area contributed by atoms with Gasteiger partial charge in [-0.15, -0.1) is 0 Å². The Kier molecular flexibility index (Phi) is 5.08. The van der Waals surface area contributed by atoms with E-state index in [1.54, 1.807) is 0 Å². The van der Waals surface area contributed by atoms with Gasteiger partial charge in [0.2, 0.25) is 5.91 Å². The molecule has 0 bridgehead atoms. The largest absolute Gasteiger partial charge is 0.380 e. The van der Waals surface area contributed by atoms with Crippen molar-refractivity contribution >= 4 is 5.91 Å². The maximum Gasteiger partial charge on any atom is 0.223 e. The number of hydrogen-bond donors (Lipinski definition) is 0. The van der Waals surface area contributed by atoms with Crippen molar-refractivity contribution in [1.29, 1.82) is 0 Å². The van der Waals surface area contributed by atoms with Crippen molar-refractivity contribution in [1.82, 2.24) is 9.80 Å². The maximum atomic E-state index is 12.2. The van der Waals surface area contributed by atoms with Crippen LogP contribution in [0, 0.1) is 5.41 Å². The molecule has 2 aliphatic heterocycles. The number of nitrogens with zero attached hydrogens (tertiary/aromatic N) is 2. The Bertz CT molecular complexity index is 324. The van der Waals surface area contributed by atoms with Gasteiger partial charge in [-0.25, -0.2) is 0 Å². The van der Waals surface area contributed by atoms with E-state index in [4.69, 9.17) is 4.74 Å². The summed E-state index contributed by atoms with van der Waals surface area (Å²) in [5.41, 5.74) is 0.0892. The Balaban J connectivity index is 1.78. The molecule has 0 N–H and O–H groups in total. The first-order valence-electron chi connectivity index (χ1n) is 7.94. The number of carbonyl (C=O) groups excluding carboxylic acids is 1. The molecule has 0 aromatic carbocycles. The predicted molar refractivity (Wildman–Crippen MR) is 80.7 cm³/mol. The summed E-state index contributed by atoms with van der Waals surface area (Å²) in [5.74, 6) is 0.322. The molecule has 116 valence electrons. The summed E-state index contributed by atoms with van der Waals surface area (Å²) >= 11 is 0. The van der Waals surface area contributed by atoms with Crippen molar-refractivity contribution in [2.75, 3.05) is 33.4 Å². The summed E-state index contributed by atoms with van der Waals surface area (Å²) in [6.07, 6.45) is 4.01. The number of ether oxygens (including phenoxy) is 1. The zero-order valence-electron chi connectivity index (χ0n) is 13.5. The van der Waals surface area contributed by atoms with Gasteiger partial charge in [-0.1, -0.05) is 20.8 Å². The van der Waals surface area contributed by atoms with Crippen LogP contribution in [0.1, 0.15) is 46.5 Å². The smallest absolute Gasteiger partial charge is 0.223 e. The second kappa shape index (κ2) is 6.44. The molecule has 0 radical (unpaired) electrons. The summed E-state index contributed by atoms with van der Waals surface area (Å²) in [7, 11) is 2.22. The van der Waals surface area contributed by atoms with Gasteiger partial charge in [0.25, 0.3) is 0 Å². The standard InChI is InChI=1S/C16H30N2O2/c1-16(2,3)11-15(19)18-8-5-13(6-9-18)17(4)14-7-10-20-12-14/h13-14H,5-12H2,1-4H3/t14-/m0/s1. The second-order valence-electron chi connectivity index (χ2n) is 7.53. The summed E-state index contributed by atoms with van der Waals surface area (Å²) in [6, 6.07) is 1.19. The van der Waals surface area contributed by atoms with Gasteiger partial charge in [-0.05, 0) is 31.7 Å². The molecule has 20 heavy (non-hydrogen) atoms. The number of hydrogen-bond acceptors (Lipinski definition) is 3. The monoisotopic (exact) mass is 282 g/mol. The molecule has 0 saturated carbocycles. The first-order valence-corrected chi connectivity index (χ1v) is 7.94. The molecule has 4 nitrogen and oxygen atoms in total. The lowest BCUT2D eigenvalue weighted by molar-refractivity contribution is -0.134. The molecular weight excluding hydrogens is 252 g/mol. The lowest BCUT2D eigenvalue weighted by Gasteiger charge is -2.39. The highest BCUT2D eigenvalue weighted by molar-refractivity contribution is 5.76. The molecular formula is C16H30N2O2. The lowest BCUT2D eigenvalue weighted by Crippen LogP contribution is -2.49. The van der Waals surface area contributed by atoms with Gasteiger partial charge in [0.05, 0.1) is 6.61 Å². The van der Waals surface area contributed by atoms with Crippen LogP contribution >= 0.6 is 0 Å². The van der Waals surface area contributed by atoms with Crippen LogP contribution < -0.4 is 0 Å². The summed E-state index contributed by atoms with van der Waals surface area (Å²) in [4.78, 5) is 16.8. The van der Waals surface area contributed by atoms with Crippen LogP contribution in [0.25, 0.3) is 0 Å². The maximum absolute atomic E-state index is 12.2. The first kappa shape index (κ1) is 15.8. The highest BCUT2D eigenvalue weighted by Crippen LogP contribution is 2.24. The molecule has 4 heteroatoms. The van der Waals surface area contributed by atoms with Crippen LogP contribution in [0.4, 0.5) is 0 Å². The Morgan fingerprint density at radius 3 is 2.35 bits per heavy atom. The van der Waals surface area contributed by atoms with Gasteiger partial charge in [0, 0.05) is 38.2 Å². The number of carbonyl (C=O) groups is 1. The molecule has 0 spiro atoms. The minimum absolute atomic E-state index is 0.0892. The molecule has 2 saturated heterocycles. The van der Waals surface area contributed by atoms with Crippen molar-refractivity contribution in [3.63, 3.8) is 0 Å². The fourth-order valence-electron chi connectivity index (χ4n) is 3.23. The van der Waals surface area contributed by atoms with Crippen LogP contribution in [0.5, 0.6) is 0 Å². The third kappa shape index (κ3) is 4.19. The number of likely N-dealkylation sites (tertiary alicyclic amines) is 1. The van der Waals surface area contributed by atoms with E-state index < -0.39 is 0 Å². The number of piperidine rings is 1. The lowest BCUT2D eigenvalue weighted by atomic mass is 9.91. The van der Waals surface area contributed by atoms with Crippen molar-refractivity contribution in [2.45, 2.75) is 58.5 Å². The number of likely N-dealkylation sites (N-methyl/N-ethyl adjacent to an activating group) is 1. The highest BCUT2D eigenvalue weighted by Gasteiger charge is 2.31.